The Hall–Kier alpha value is -0.950. The first-order valence-corrected chi connectivity index (χ1v) is 8.05. The zero-order chi connectivity index (χ0) is 14.4. The Morgan fingerprint density at radius 3 is 2.90 bits per heavy atom. The number of nitrogens with one attached hydrogen (secondary N) is 1. The van der Waals surface area contributed by atoms with Crippen molar-refractivity contribution in [2.75, 3.05) is 20.3 Å². The van der Waals surface area contributed by atoms with E-state index in [-0.39, 0.29) is 0 Å². The van der Waals surface area contributed by atoms with E-state index in [1.807, 2.05) is 6.92 Å². The summed E-state index contributed by atoms with van der Waals surface area (Å²) in [6.07, 6.45) is 0. The van der Waals surface area contributed by atoms with Gasteiger partial charge in [0.05, 0.1) is 6.61 Å². The van der Waals surface area contributed by atoms with Crippen molar-refractivity contribution in [1.82, 2.24) is 14.7 Å². The van der Waals surface area contributed by atoms with Crippen LogP contribution in [0.25, 0.3) is 0 Å². The molecule has 1 N–H and O–H groups in total. The van der Waals surface area contributed by atoms with Crippen LogP contribution in [0.5, 0.6) is 0 Å². The highest BCUT2D eigenvalue weighted by Gasteiger charge is 2.08. The summed E-state index contributed by atoms with van der Waals surface area (Å²) in [4.78, 5) is 5.64. The van der Waals surface area contributed by atoms with Crippen LogP contribution in [-0.2, 0) is 11.3 Å². The largest absolute Gasteiger partial charge is 0.383 e. The van der Waals surface area contributed by atoms with Gasteiger partial charge in [-0.2, -0.15) is 4.37 Å². The summed E-state index contributed by atoms with van der Waals surface area (Å²) in [6, 6.07) is 6.51. The standard InChI is InChI=1S/C14H19N3OS2/c1-10-4-5-13(19-14-16-11(2)17-20-14)12(8-10)9-15-6-7-18-3/h4-5,8,15H,6-7,9H2,1-3H3. The maximum Gasteiger partial charge on any atom is 0.174 e. The molecule has 0 spiro atoms. The molecule has 0 amide bonds. The number of rotatable bonds is 7. The molecule has 0 bridgehead atoms. The Labute approximate surface area is 128 Å². The van der Waals surface area contributed by atoms with Gasteiger partial charge < -0.3 is 10.1 Å². The van der Waals surface area contributed by atoms with Crippen molar-refractivity contribution in [3.05, 3.63) is 35.2 Å². The highest BCUT2D eigenvalue weighted by molar-refractivity contribution is 8.01. The van der Waals surface area contributed by atoms with Crippen LogP contribution < -0.4 is 5.32 Å². The molecule has 0 atom stereocenters. The first-order chi connectivity index (χ1) is 9.69. The van der Waals surface area contributed by atoms with E-state index in [1.54, 1.807) is 18.9 Å². The van der Waals surface area contributed by atoms with Crippen molar-refractivity contribution in [3.8, 4) is 0 Å². The zero-order valence-corrected chi connectivity index (χ0v) is 13.6. The second-order valence-corrected chi connectivity index (χ2v) is 6.53. The second kappa shape index (κ2) is 7.73. The normalized spacial score (nSPS) is 10.9. The Morgan fingerprint density at radius 2 is 2.20 bits per heavy atom. The van der Waals surface area contributed by atoms with Crippen LogP contribution in [0, 0.1) is 13.8 Å². The summed E-state index contributed by atoms with van der Waals surface area (Å²) in [5.74, 6) is 0.837. The van der Waals surface area contributed by atoms with Gasteiger partial charge in [0.1, 0.15) is 5.82 Å². The fraction of sp³-hybridized carbons (Fsp3) is 0.429. The van der Waals surface area contributed by atoms with Gasteiger partial charge in [0.2, 0.25) is 0 Å². The minimum atomic E-state index is 0.726. The summed E-state index contributed by atoms with van der Waals surface area (Å²) in [5, 5.41) is 3.39. The number of hydrogen-bond donors (Lipinski definition) is 1. The minimum Gasteiger partial charge on any atom is -0.383 e. The van der Waals surface area contributed by atoms with Crippen LogP contribution in [-0.4, -0.2) is 29.6 Å². The molecule has 0 saturated carbocycles. The smallest absolute Gasteiger partial charge is 0.174 e. The van der Waals surface area contributed by atoms with Crippen molar-refractivity contribution in [3.63, 3.8) is 0 Å². The lowest BCUT2D eigenvalue weighted by molar-refractivity contribution is 0.199. The van der Waals surface area contributed by atoms with Gasteiger partial charge in [0.25, 0.3) is 0 Å². The molecule has 2 rings (SSSR count). The number of benzene rings is 1. The SMILES string of the molecule is COCCNCc1cc(C)ccc1Sc1nc(C)ns1. The van der Waals surface area contributed by atoms with Gasteiger partial charge in [0, 0.05) is 25.1 Å². The topological polar surface area (TPSA) is 47.0 Å². The second-order valence-electron chi connectivity index (χ2n) is 4.49. The van der Waals surface area contributed by atoms with E-state index in [9.17, 15) is 0 Å². The Kier molecular flexibility index (Phi) is 5.97. The quantitative estimate of drug-likeness (QED) is 0.797. The van der Waals surface area contributed by atoms with Gasteiger partial charge in [0.15, 0.2) is 4.34 Å². The van der Waals surface area contributed by atoms with Gasteiger partial charge in [-0.25, -0.2) is 4.98 Å². The van der Waals surface area contributed by atoms with Gasteiger partial charge in [-0.1, -0.05) is 29.5 Å². The molecular weight excluding hydrogens is 290 g/mol. The fourth-order valence-corrected chi connectivity index (χ4v) is 3.48. The molecule has 0 aliphatic carbocycles. The molecule has 0 saturated heterocycles. The maximum atomic E-state index is 5.05. The molecule has 6 heteroatoms. The third-order valence-corrected chi connectivity index (χ3v) is 4.68. The lowest BCUT2D eigenvalue weighted by Crippen LogP contribution is -2.18. The van der Waals surface area contributed by atoms with Crippen LogP contribution in [0.3, 0.4) is 0 Å². The van der Waals surface area contributed by atoms with Gasteiger partial charge >= 0.3 is 0 Å². The first kappa shape index (κ1) is 15.4. The Balaban J connectivity index is 2.06. The van der Waals surface area contributed by atoms with E-state index >= 15 is 0 Å². The molecule has 0 radical (unpaired) electrons. The van der Waals surface area contributed by atoms with Gasteiger partial charge in [-0.15, -0.1) is 0 Å². The predicted molar refractivity (Wildman–Crippen MR) is 83.5 cm³/mol. The van der Waals surface area contributed by atoms with Crippen molar-refractivity contribution in [1.29, 1.82) is 0 Å². The van der Waals surface area contributed by atoms with Gasteiger partial charge in [-0.05, 0) is 37.0 Å². The van der Waals surface area contributed by atoms with Crippen LogP contribution in [0.1, 0.15) is 17.0 Å². The summed E-state index contributed by atoms with van der Waals surface area (Å²) in [7, 11) is 1.72. The lowest BCUT2D eigenvalue weighted by Gasteiger charge is -2.10. The molecule has 1 aromatic heterocycles. The molecule has 1 aromatic carbocycles. The summed E-state index contributed by atoms with van der Waals surface area (Å²) in [5.41, 5.74) is 2.56. The molecule has 20 heavy (non-hydrogen) atoms. The molecule has 0 fully saturated rings. The highest BCUT2D eigenvalue weighted by atomic mass is 32.2. The van der Waals surface area contributed by atoms with E-state index < -0.39 is 0 Å². The number of aryl methyl sites for hydroxylation is 2. The van der Waals surface area contributed by atoms with Crippen molar-refractivity contribution < 1.29 is 4.74 Å². The summed E-state index contributed by atoms with van der Waals surface area (Å²) in [6.45, 7) is 6.45. The van der Waals surface area contributed by atoms with Crippen LogP contribution >= 0.6 is 23.3 Å². The number of nitrogens with zero attached hydrogens (tertiary/aromatic N) is 2. The number of ether oxygens (including phenoxy) is 1. The summed E-state index contributed by atoms with van der Waals surface area (Å²) < 4.78 is 10.3. The van der Waals surface area contributed by atoms with E-state index in [2.05, 4.69) is 39.8 Å². The first-order valence-electron chi connectivity index (χ1n) is 6.46. The molecule has 2 aromatic rings. The third kappa shape index (κ3) is 4.56. The average Bonchev–Trinajstić information content (AvgIpc) is 2.83. The van der Waals surface area contributed by atoms with Gasteiger partial charge in [-0.3, -0.25) is 0 Å². The molecule has 108 valence electrons. The number of methoxy groups -OCH3 is 1. The Morgan fingerprint density at radius 1 is 1.35 bits per heavy atom. The van der Waals surface area contributed by atoms with Crippen LogP contribution in [0.4, 0.5) is 0 Å². The van der Waals surface area contributed by atoms with Crippen molar-refractivity contribution in [2.24, 2.45) is 0 Å². The fourth-order valence-electron chi connectivity index (χ4n) is 1.76. The van der Waals surface area contributed by atoms with Crippen LogP contribution in [0.15, 0.2) is 27.4 Å². The number of aromatic nitrogens is 2. The monoisotopic (exact) mass is 309 g/mol. The lowest BCUT2D eigenvalue weighted by atomic mass is 10.1. The zero-order valence-electron chi connectivity index (χ0n) is 12.0. The highest BCUT2D eigenvalue weighted by Crippen LogP contribution is 2.32. The summed E-state index contributed by atoms with van der Waals surface area (Å²) >= 11 is 3.13. The van der Waals surface area contributed by atoms with E-state index in [1.165, 1.54) is 27.6 Å². The molecule has 1 heterocycles. The van der Waals surface area contributed by atoms with E-state index in [4.69, 9.17) is 4.74 Å². The Bertz CT molecular complexity index is 557. The van der Waals surface area contributed by atoms with E-state index in [0.29, 0.717) is 0 Å². The minimum absolute atomic E-state index is 0.726. The molecular formula is C14H19N3OS2. The van der Waals surface area contributed by atoms with E-state index in [0.717, 1.165) is 29.9 Å². The molecule has 0 aliphatic heterocycles. The van der Waals surface area contributed by atoms with Crippen molar-refractivity contribution in [2.45, 2.75) is 29.6 Å². The maximum absolute atomic E-state index is 5.05. The van der Waals surface area contributed by atoms with Crippen LogP contribution in [0.2, 0.25) is 0 Å². The van der Waals surface area contributed by atoms with Crippen molar-refractivity contribution >= 4 is 23.3 Å². The number of hydrogen-bond acceptors (Lipinski definition) is 6. The molecule has 0 aliphatic rings. The predicted octanol–water partition coefficient (Wildman–Crippen LogP) is 3.04. The third-order valence-electron chi connectivity index (χ3n) is 2.72. The molecule has 4 nitrogen and oxygen atoms in total. The molecule has 0 unspecified atom stereocenters. The average molecular weight is 309 g/mol.